The van der Waals surface area contributed by atoms with E-state index in [9.17, 15) is 0 Å². The van der Waals surface area contributed by atoms with E-state index in [1.54, 1.807) is 0 Å². The van der Waals surface area contributed by atoms with Crippen molar-refractivity contribution < 1.29 is 0 Å². The average Bonchev–Trinajstić information content (AvgIpc) is 3.17. The fourth-order valence-electron chi connectivity index (χ4n) is 8.23. The fourth-order valence-corrected chi connectivity index (χ4v) is 9.39. The zero-order valence-corrected chi connectivity index (χ0v) is 35.1. The Labute approximate surface area is 328 Å². The minimum absolute atomic E-state index is 1.15. The van der Waals surface area contributed by atoms with Crippen LogP contribution in [0.1, 0.15) is 38.9 Å². The molecule has 0 amide bonds. The SMILES string of the molecule is Cc1ccc(N(c2cc(C)c(C)c(C)c2)c2cc3c4ccccc4c(N(c4ccc([Si](C)(C)C)cc4)c4cc(C)c(C)c(C)c4)cc3c3ccccc23)cc1. The first-order valence-electron chi connectivity index (χ1n) is 19.6. The second kappa shape index (κ2) is 13.9. The van der Waals surface area contributed by atoms with Crippen molar-refractivity contribution in [3.63, 3.8) is 0 Å². The van der Waals surface area contributed by atoms with Gasteiger partial charge < -0.3 is 9.80 Å². The van der Waals surface area contributed by atoms with Crippen LogP contribution in [-0.4, -0.2) is 8.07 Å². The van der Waals surface area contributed by atoms with Crippen molar-refractivity contribution in [2.75, 3.05) is 9.80 Å². The molecule has 2 nitrogen and oxygen atoms in total. The Morgan fingerprint density at radius 2 is 0.691 bits per heavy atom. The normalized spacial score (nSPS) is 11.8. The maximum atomic E-state index is 2.49. The molecule has 0 N–H and O–H groups in total. The van der Waals surface area contributed by atoms with Gasteiger partial charge in [-0.15, -0.1) is 0 Å². The van der Waals surface area contributed by atoms with Crippen LogP contribution in [0.5, 0.6) is 0 Å². The third-order valence-corrected chi connectivity index (χ3v) is 14.0. The number of nitrogens with zero attached hydrogens (tertiary/aromatic N) is 2. The highest BCUT2D eigenvalue weighted by molar-refractivity contribution is 6.88. The van der Waals surface area contributed by atoms with Crippen LogP contribution < -0.4 is 15.0 Å². The standard InChI is InChI=1S/C52H52N2Si/c1-33-19-21-40(22-20-33)53(42-27-34(2)38(6)35(3)28-42)51-31-49-46-16-12-14-18-48(46)52(32-50(49)45-15-11-13-17-47(45)51)54(43-29-36(4)39(7)37(5)30-43)41-23-25-44(26-24-41)55(8,9)10/h11-32H,1-10H3. The van der Waals surface area contributed by atoms with Crippen LogP contribution in [0.15, 0.2) is 133 Å². The van der Waals surface area contributed by atoms with Gasteiger partial charge in [-0.05, 0) is 164 Å². The minimum atomic E-state index is -1.48. The van der Waals surface area contributed by atoms with E-state index in [-0.39, 0.29) is 0 Å². The van der Waals surface area contributed by atoms with E-state index in [0.29, 0.717) is 0 Å². The predicted molar refractivity (Wildman–Crippen MR) is 244 cm³/mol. The molecule has 0 heterocycles. The van der Waals surface area contributed by atoms with Crippen LogP contribution in [0.2, 0.25) is 19.6 Å². The lowest BCUT2D eigenvalue weighted by molar-refractivity contribution is 1.22. The second-order valence-corrected chi connectivity index (χ2v) is 21.8. The molecule has 8 aromatic rings. The lowest BCUT2D eigenvalue weighted by Gasteiger charge is -2.31. The molecule has 0 saturated heterocycles. The van der Waals surface area contributed by atoms with E-state index in [1.165, 1.54) is 105 Å². The summed E-state index contributed by atoms with van der Waals surface area (Å²) in [5.41, 5.74) is 16.2. The van der Waals surface area contributed by atoms with E-state index in [0.717, 1.165) is 5.69 Å². The summed E-state index contributed by atoms with van der Waals surface area (Å²) in [5.74, 6) is 0. The maximum absolute atomic E-state index is 2.49. The fraction of sp³-hybridized carbons (Fsp3) is 0.192. The molecule has 0 aliphatic heterocycles. The highest BCUT2D eigenvalue weighted by atomic mass is 28.3. The van der Waals surface area contributed by atoms with Crippen LogP contribution in [0.25, 0.3) is 32.3 Å². The first-order valence-corrected chi connectivity index (χ1v) is 23.1. The lowest BCUT2D eigenvalue weighted by Crippen LogP contribution is -2.37. The molecule has 0 aliphatic carbocycles. The molecule has 0 aromatic heterocycles. The zero-order chi connectivity index (χ0) is 38.8. The topological polar surface area (TPSA) is 6.48 Å². The first-order chi connectivity index (χ1) is 26.3. The van der Waals surface area contributed by atoms with Crippen molar-refractivity contribution in [3.05, 3.63) is 172 Å². The van der Waals surface area contributed by atoms with Crippen LogP contribution in [0, 0.1) is 48.5 Å². The van der Waals surface area contributed by atoms with Gasteiger partial charge in [0.1, 0.15) is 0 Å². The largest absolute Gasteiger partial charge is 0.310 e. The molecule has 0 fully saturated rings. The molecule has 0 aliphatic rings. The molecule has 0 unspecified atom stereocenters. The monoisotopic (exact) mass is 732 g/mol. The van der Waals surface area contributed by atoms with Gasteiger partial charge in [0.05, 0.1) is 19.4 Å². The highest BCUT2D eigenvalue weighted by Crippen LogP contribution is 2.48. The first kappa shape index (κ1) is 36.3. The maximum Gasteiger partial charge on any atom is 0.0775 e. The molecular weight excluding hydrogens is 681 g/mol. The summed E-state index contributed by atoms with van der Waals surface area (Å²) >= 11 is 0. The van der Waals surface area contributed by atoms with Crippen molar-refractivity contribution >= 4 is 79.7 Å². The number of anilines is 6. The van der Waals surface area contributed by atoms with Gasteiger partial charge in [0, 0.05) is 33.5 Å². The van der Waals surface area contributed by atoms with Crippen LogP contribution >= 0.6 is 0 Å². The molecule has 274 valence electrons. The molecule has 0 spiro atoms. The lowest BCUT2D eigenvalue weighted by atomic mass is 9.93. The molecule has 8 aromatic carbocycles. The molecule has 0 atom stereocenters. The summed E-state index contributed by atoms with van der Waals surface area (Å²) in [6.07, 6.45) is 0. The van der Waals surface area contributed by atoms with Gasteiger partial charge in [0.2, 0.25) is 0 Å². The van der Waals surface area contributed by atoms with Crippen molar-refractivity contribution in [2.45, 2.75) is 68.1 Å². The quantitative estimate of drug-likeness (QED) is 0.119. The van der Waals surface area contributed by atoms with Gasteiger partial charge in [-0.25, -0.2) is 0 Å². The predicted octanol–water partition coefficient (Wildman–Crippen LogP) is 14.8. The summed E-state index contributed by atoms with van der Waals surface area (Å²) in [6, 6.07) is 50.7. The van der Waals surface area contributed by atoms with Gasteiger partial charge in [0.15, 0.2) is 0 Å². The molecule has 0 saturated carbocycles. The smallest absolute Gasteiger partial charge is 0.0775 e. The summed E-state index contributed by atoms with van der Waals surface area (Å²) < 4.78 is 0. The zero-order valence-electron chi connectivity index (χ0n) is 34.1. The number of hydrogen-bond donors (Lipinski definition) is 0. The van der Waals surface area contributed by atoms with Crippen molar-refractivity contribution in [3.8, 4) is 0 Å². The minimum Gasteiger partial charge on any atom is -0.310 e. The van der Waals surface area contributed by atoms with E-state index in [2.05, 4.69) is 211 Å². The van der Waals surface area contributed by atoms with Gasteiger partial charge >= 0.3 is 0 Å². The van der Waals surface area contributed by atoms with E-state index in [4.69, 9.17) is 0 Å². The Hall–Kier alpha value is -5.64. The van der Waals surface area contributed by atoms with Gasteiger partial charge in [-0.1, -0.05) is 103 Å². The Balaban J connectivity index is 1.46. The van der Waals surface area contributed by atoms with Crippen LogP contribution in [0.4, 0.5) is 34.1 Å². The summed E-state index contributed by atoms with van der Waals surface area (Å²) in [6.45, 7) is 22.8. The second-order valence-electron chi connectivity index (χ2n) is 16.7. The third kappa shape index (κ3) is 6.51. The highest BCUT2D eigenvalue weighted by Gasteiger charge is 2.24. The summed E-state index contributed by atoms with van der Waals surface area (Å²) in [4.78, 5) is 4.96. The van der Waals surface area contributed by atoms with Crippen LogP contribution in [-0.2, 0) is 0 Å². The third-order valence-electron chi connectivity index (χ3n) is 11.9. The summed E-state index contributed by atoms with van der Waals surface area (Å²) in [7, 11) is -1.48. The van der Waals surface area contributed by atoms with E-state index in [1.807, 2.05) is 0 Å². The van der Waals surface area contributed by atoms with Crippen molar-refractivity contribution in [2.24, 2.45) is 0 Å². The van der Waals surface area contributed by atoms with Gasteiger partial charge in [-0.3, -0.25) is 0 Å². The van der Waals surface area contributed by atoms with Gasteiger partial charge in [0.25, 0.3) is 0 Å². The molecular formula is C52H52N2Si. The Morgan fingerprint density at radius 3 is 1.05 bits per heavy atom. The van der Waals surface area contributed by atoms with E-state index < -0.39 is 8.07 Å². The number of aryl methyl sites for hydroxylation is 5. The molecule has 3 heteroatoms. The number of benzene rings is 8. The summed E-state index contributed by atoms with van der Waals surface area (Å²) in [5, 5.41) is 8.89. The molecule has 0 radical (unpaired) electrons. The number of hydrogen-bond acceptors (Lipinski definition) is 2. The molecule has 8 rings (SSSR count). The number of fused-ring (bicyclic) bond motifs is 5. The Kier molecular flexibility index (Phi) is 9.18. The van der Waals surface area contributed by atoms with Crippen LogP contribution in [0.3, 0.4) is 0 Å². The average molecular weight is 733 g/mol. The van der Waals surface area contributed by atoms with Gasteiger partial charge in [-0.2, -0.15) is 0 Å². The molecule has 55 heavy (non-hydrogen) atoms. The van der Waals surface area contributed by atoms with Crippen molar-refractivity contribution in [1.29, 1.82) is 0 Å². The Morgan fingerprint density at radius 1 is 0.345 bits per heavy atom. The van der Waals surface area contributed by atoms with Crippen molar-refractivity contribution in [1.82, 2.24) is 0 Å². The van der Waals surface area contributed by atoms with E-state index >= 15 is 0 Å². The molecule has 0 bridgehead atoms. The number of rotatable bonds is 7. The Bertz CT molecular complexity index is 2710.